The molecule has 0 saturated carbocycles. The van der Waals surface area contributed by atoms with Gasteiger partial charge in [-0.3, -0.25) is 0 Å². The van der Waals surface area contributed by atoms with Gasteiger partial charge in [0.25, 0.3) is 0 Å². The summed E-state index contributed by atoms with van der Waals surface area (Å²) >= 11 is 0. The van der Waals surface area contributed by atoms with Crippen LogP contribution in [-0.2, 0) is 0 Å². The van der Waals surface area contributed by atoms with E-state index in [1.165, 1.54) is 0 Å². The van der Waals surface area contributed by atoms with E-state index in [0.29, 0.717) is 10.8 Å². The third-order valence-corrected chi connectivity index (χ3v) is 1.64. The van der Waals surface area contributed by atoms with Crippen molar-refractivity contribution in [3.8, 4) is 0 Å². The summed E-state index contributed by atoms with van der Waals surface area (Å²) in [5.74, 6) is 0. The molecule has 0 aromatic heterocycles. The summed E-state index contributed by atoms with van der Waals surface area (Å²) in [6, 6.07) is 0. The summed E-state index contributed by atoms with van der Waals surface area (Å²) in [4.78, 5) is 0. The number of hydrogen-bond donors (Lipinski definition) is 0. The minimum atomic E-state index is 0.309. The predicted molar refractivity (Wildman–Crippen MR) is 65.1 cm³/mol. The predicted octanol–water partition coefficient (Wildman–Crippen LogP) is 3.92. The molecule has 0 N–H and O–H groups in total. The lowest BCUT2D eigenvalue weighted by Crippen LogP contribution is -2.05. The van der Waals surface area contributed by atoms with Gasteiger partial charge in [0.05, 0.1) is 0 Å². The molecule has 0 aromatic carbocycles. The van der Waals surface area contributed by atoms with Gasteiger partial charge < -0.3 is 0 Å². The maximum atomic E-state index is 4.00. The minimum Gasteiger partial charge on any atom is -0.164 e. The first-order valence-electron chi connectivity index (χ1n) is 5.24. The molecular weight excluding hydrogens is 172 g/mol. The Morgan fingerprint density at radius 3 is 1.21 bits per heavy atom. The largest absolute Gasteiger partial charge is 0.164 e. The van der Waals surface area contributed by atoms with E-state index >= 15 is 0 Å². The van der Waals surface area contributed by atoms with Crippen molar-refractivity contribution < 1.29 is 0 Å². The Morgan fingerprint density at radius 1 is 0.714 bits per heavy atom. The lowest BCUT2D eigenvalue weighted by molar-refractivity contribution is 0.435. The van der Waals surface area contributed by atoms with Gasteiger partial charge >= 0.3 is 0 Å². The first-order chi connectivity index (χ1) is 6.21. The fourth-order valence-corrected chi connectivity index (χ4v) is 0.724. The third kappa shape index (κ3) is 11.3. The van der Waals surface area contributed by atoms with Gasteiger partial charge in [-0.2, -0.15) is 10.2 Å². The van der Waals surface area contributed by atoms with Crippen LogP contribution in [0.2, 0.25) is 0 Å². The van der Waals surface area contributed by atoms with Gasteiger partial charge in [-0.25, -0.2) is 0 Å². The molecule has 0 atom stereocenters. The molecule has 0 aliphatic carbocycles. The quantitative estimate of drug-likeness (QED) is 0.483. The molecule has 0 rings (SSSR count). The summed E-state index contributed by atoms with van der Waals surface area (Å²) in [6.07, 6.45) is 5.72. The molecule has 0 aliphatic rings. The average molecular weight is 196 g/mol. The molecule has 82 valence electrons. The van der Waals surface area contributed by atoms with Crippen LogP contribution in [-0.4, -0.2) is 12.4 Å². The second-order valence-corrected chi connectivity index (χ2v) is 6.13. The molecule has 0 spiro atoms. The van der Waals surface area contributed by atoms with Gasteiger partial charge in [-0.05, 0) is 23.7 Å². The Balaban J connectivity index is 3.73. The van der Waals surface area contributed by atoms with Crippen LogP contribution >= 0.6 is 0 Å². The molecule has 0 aromatic rings. The topological polar surface area (TPSA) is 24.7 Å². The maximum absolute atomic E-state index is 4.00. The number of nitrogens with zero attached hydrogens (tertiary/aromatic N) is 2. The standard InChI is InChI=1S/C12H24N2/c1-11(2,3)7-9-13-14-10-8-12(4,5)6/h9-10H,7-8H2,1-6H3/b13-9+,14-10+. The van der Waals surface area contributed by atoms with Crippen LogP contribution < -0.4 is 0 Å². The van der Waals surface area contributed by atoms with Crippen molar-refractivity contribution in [3.05, 3.63) is 0 Å². The molecule has 0 radical (unpaired) electrons. The lowest BCUT2D eigenvalue weighted by Gasteiger charge is -2.14. The molecule has 0 amide bonds. The van der Waals surface area contributed by atoms with E-state index in [2.05, 4.69) is 51.7 Å². The first kappa shape index (κ1) is 13.3. The third-order valence-electron chi connectivity index (χ3n) is 1.64. The molecule has 0 bridgehead atoms. The highest BCUT2D eigenvalue weighted by molar-refractivity contribution is 5.62. The molecule has 0 unspecified atom stereocenters. The van der Waals surface area contributed by atoms with Crippen LogP contribution in [0.3, 0.4) is 0 Å². The molecule has 2 nitrogen and oxygen atoms in total. The summed E-state index contributed by atoms with van der Waals surface area (Å²) in [7, 11) is 0. The molecular formula is C12H24N2. The van der Waals surface area contributed by atoms with Gasteiger partial charge in [-0.15, -0.1) is 0 Å². The highest BCUT2D eigenvalue weighted by Gasteiger charge is 2.07. The van der Waals surface area contributed by atoms with E-state index < -0.39 is 0 Å². The molecule has 0 saturated heterocycles. The van der Waals surface area contributed by atoms with Crippen molar-refractivity contribution in [2.24, 2.45) is 21.0 Å². The van der Waals surface area contributed by atoms with Gasteiger partial charge in [0.1, 0.15) is 0 Å². The van der Waals surface area contributed by atoms with E-state index in [-0.39, 0.29) is 0 Å². The fraction of sp³-hybridized carbons (Fsp3) is 0.833. The van der Waals surface area contributed by atoms with Crippen molar-refractivity contribution in [1.29, 1.82) is 0 Å². The van der Waals surface area contributed by atoms with E-state index in [1.807, 2.05) is 12.4 Å². The molecule has 0 aliphatic heterocycles. The van der Waals surface area contributed by atoms with Crippen LogP contribution in [0, 0.1) is 10.8 Å². The van der Waals surface area contributed by atoms with Crippen molar-refractivity contribution in [2.45, 2.75) is 54.4 Å². The minimum absolute atomic E-state index is 0.309. The Morgan fingerprint density at radius 2 is 1.00 bits per heavy atom. The summed E-state index contributed by atoms with van der Waals surface area (Å²) < 4.78 is 0. The van der Waals surface area contributed by atoms with Gasteiger partial charge in [0.15, 0.2) is 0 Å². The Labute approximate surface area is 88.5 Å². The lowest BCUT2D eigenvalue weighted by atomic mass is 9.93. The summed E-state index contributed by atoms with van der Waals surface area (Å²) in [5, 5.41) is 8.01. The average Bonchev–Trinajstić information content (AvgIpc) is 1.92. The van der Waals surface area contributed by atoms with Crippen LogP contribution in [0.15, 0.2) is 10.2 Å². The maximum Gasteiger partial charge on any atom is 0.0275 e. The zero-order chi connectivity index (χ0) is 11.2. The Bertz CT molecular complexity index is 177. The zero-order valence-electron chi connectivity index (χ0n) is 10.5. The SMILES string of the molecule is CC(C)(C)C/C=N/N=C/CC(C)(C)C. The van der Waals surface area contributed by atoms with Gasteiger partial charge in [0, 0.05) is 12.4 Å². The van der Waals surface area contributed by atoms with E-state index in [0.717, 1.165) is 12.8 Å². The van der Waals surface area contributed by atoms with Crippen LogP contribution in [0.4, 0.5) is 0 Å². The van der Waals surface area contributed by atoms with Crippen LogP contribution in [0.5, 0.6) is 0 Å². The van der Waals surface area contributed by atoms with Crippen molar-refractivity contribution >= 4 is 12.4 Å². The number of hydrogen-bond acceptors (Lipinski definition) is 2. The monoisotopic (exact) mass is 196 g/mol. The van der Waals surface area contributed by atoms with E-state index in [1.54, 1.807) is 0 Å². The van der Waals surface area contributed by atoms with Crippen molar-refractivity contribution in [2.75, 3.05) is 0 Å². The highest BCUT2D eigenvalue weighted by atomic mass is 15.2. The Hall–Kier alpha value is -0.660. The zero-order valence-corrected chi connectivity index (χ0v) is 10.5. The van der Waals surface area contributed by atoms with Crippen LogP contribution in [0.1, 0.15) is 54.4 Å². The summed E-state index contributed by atoms with van der Waals surface area (Å²) in [6.45, 7) is 13.2. The van der Waals surface area contributed by atoms with Gasteiger partial charge in [0.2, 0.25) is 0 Å². The molecule has 0 heterocycles. The van der Waals surface area contributed by atoms with Crippen molar-refractivity contribution in [1.82, 2.24) is 0 Å². The smallest absolute Gasteiger partial charge is 0.0275 e. The second-order valence-electron chi connectivity index (χ2n) is 6.13. The van der Waals surface area contributed by atoms with Crippen molar-refractivity contribution in [3.63, 3.8) is 0 Å². The normalized spacial score (nSPS) is 14.4. The van der Waals surface area contributed by atoms with E-state index in [9.17, 15) is 0 Å². The molecule has 14 heavy (non-hydrogen) atoms. The second kappa shape index (κ2) is 5.28. The fourth-order valence-electron chi connectivity index (χ4n) is 0.724. The summed E-state index contributed by atoms with van der Waals surface area (Å²) in [5.41, 5.74) is 0.617. The number of rotatable bonds is 3. The molecule has 0 fully saturated rings. The molecule has 2 heteroatoms. The van der Waals surface area contributed by atoms with Gasteiger partial charge in [-0.1, -0.05) is 41.5 Å². The first-order valence-corrected chi connectivity index (χ1v) is 5.24. The van der Waals surface area contributed by atoms with Crippen LogP contribution in [0.25, 0.3) is 0 Å². The Kier molecular flexibility index (Phi) is 5.03. The van der Waals surface area contributed by atoms with E-state index in [4.69, 9.17) is 0 Å². The highest BCUT2D eigenvalue weighted by Crippen LogP contribution is 2.17.